The summed E-state index contributed by atoms with van der Waals surface area (Å²) in [5, 5.41) is 14.5. The van der Waals surface area contributed by atoms with Gasteiger partial charge in [-0.3, -0.25) is 5.10 Å². The molecule has 0 bridgehead atoms. The smallest absolute Gasteiger partial charge is 0.180 e. The molecule has 0 saturated heterocycles. The molecule has 7 heteroatoms. The van der Waals surface area contributed by atoms with Crippen LogP contribution in [0.5, 0.6) is 0 Å². The number of azo groups is 1. The Bertz CT molecular complexity index is 575. The molecule has 94 valence electrons. The first kappa shape index (κ1) is 12.0. The minimum absolute atomic E-state index is 0.318. The molecule has 1 aromatic heterocycles. The molecule has 0 aliphatic carbocycles. The molecule has 1 heterocycles. The number of nitrogens with zero attached hydrogens (tertiary/aromatic N) is 4. The van der Waals surface area contributed by atoms with E-state index in [9.17, 15) is 4.39 Å². The van der Waals surface area contributed by atoms with Crippen molar-refractivity contribution in [2.24, 2.45) is 10.2 Å². The van der Waals surface area contributed by atoms with Gasteiger partial charge in [0, 0.05) is 20.2 Å². The van der Waals surface area contributed by atoms with Crippen LogP contribution in [0.4, 0.5) is 27.4 Å². The number of hydrogen-bond donors (Lipinski definition) is 2. The first-order valence-corrected chi connectivity index (χ1v) is 5.26. The van der Waals surface area contributed by atoms with Crippen molar-refractivity contribution >= 4 is 23.0 Å². The van der Waals surface area contributed by atoms with Crippen molar-refractivity contribution in [1.29, 1.82) is 0 Å². The highest BCUT2D eigenvalue weighted by Gasteiger charge is 2.12. The summed E-state index contributed by atoms with van der Waals surface area (Å²) < 4.78 is 13.0. The van der Waals surface area contributed by atoms with Crippen LogP contribution < -0.4 is 10.6 Å². The van der Waals surface area contributed by atoms with Crippen LogP contribution in [0.25, 0.3) is 0 Å². The van der Waals surface area contributed by atoms with Crippen molar-refractivity contribution in [3.63, 3.8) is 0 Å². The first-order valence-electron chi connectivity index (χ1n) is 5.26. The maximum absolute atomic E-state index is 13.0. The van der Waals surface area contributed by atoms with Crippen LogP contribution in [0, 0.1) is 5.82 Å². The number of nitrogens with one attached hydrogen (secondary N) is 1. The lowest BCUT2D eigenvalue weighted by Crippen LogP contribution is -2.09. The molecule has 0 radical (unpaired) electrons. The number of rotatable bonds is 3. The minimum atomic E-state index is -0.362. The van der Waals surface area contributed by atoms with E-state index < -0.39 is 0 Å². The second kappa shape index (κ2) is 4.82. The molecule has 0 unspecified atom stereocenters. The van der Waals surface area contributed by atoms with Gasteiger partial charge in [0.25, 0.3) is 0 Å². The molecule has 0 amide bonds. The van der Waals surface area contributed by atoms with E-state index in [1.54, 1.807) is 17.0 Å². The van der Waals surface area contributed by atoms with Gasteiger partial charge in [-0.1, -0.05) is 6.07 Å². The number of hydrogen-bond acceptors (Lipinski definition) is 5. The van der Waals surface area contributed by atoms with Crippen LogP contribution >= 0.6 is 0 Å². The first-order chi connectivity index (χ1) is 8.58. The predicted octanol–water partition coefficient (Wildman–Crippen LogP) is 2.61. The van der Waals surface area contributed by atoms with Crippen LogP contribution in [0.1, 0.15) is 0 Å². The standard InChI is InChI=1S/C11H13FN6/c1-18(2)11-9(10(13)16-17-11)15-14-8-5-3-4-7(12)6-8/h3-6H,1-2H3,(H3,13,16,17). The van der Waals surface area contributed by atoms with Gasteiger partial charge in [0.15, 0.2) is 11.5 Å². The quantitative estimate of drug-likeness (QED) is 0.819. The van der Waals surface area contributed by atoms with Gasteiger partial charge >= 0.3 is 0 Å². The zero-order valence-electron chi connectivity index (χ0n) is 10.1. The second-order valence-corrected chi connectivity index (χ2v) is 3.88. The Hall–Kier alpha value is -2.44. The lowest BCUT2D eigenvalue weighted by molar-refractivity contribution is 0.628. The Labute approximate surface area is 103 Å². The summed E-state index contributed by atoms with van der Waals surface area (Å²) in [5.41, 5.74) is 6.55. The van der Waals surface area contributed by atoms with Gasteiger partial charge in [-0.05, 0) is 12.1 Å². The van der Waals surface area contributed by atoms with Gasteiger partial charge in [-0.15, -0.1) is 5.11 Å². The number of nitrogen functional groups attached to an aromatic ring is 1. The lowest BCUT2D eigenvalue weighted by Gasteiger charge is -2.07. The van der Waals surface area contributed by atoms with Gasteiger partial charge < -0.3 is 10.6 Å². The third kappa shape index (κ3) is 2.45. The Balaban J connectivity index is 2.31. The summed E-state index contributed by atoms with van der Waals surface area (Å²) in [7, 11) is 3.63. The molecular weight excluding hydrogens is 235 g/mol. The highest BCUT2D eigenvalue weighted by Crippen LogP contribution is 2.32. The number of aromatic nitrogens is 2. The molecule has 0 atom stereocenters. The maximum atomic E-state index is 13.0. The van der Waals surface area contributed by atoms with Crippen molar-refractivity contribution < 1.29 is 4.39 Å². The fraction of sp³-hybridized carbons (Fsp3) is 0.182. The SMILES string of the molecule is CN(C)c1n[nH]c(N)c1N=Nc1cccc(F)c1. The van der Waals surface area contributed by atoms with Crippen LogP contribution in [0.2, 0.25) is 0 Å². The highest BCUT2D eigenvalue weighted by atomic mass is 19.1. The molecule has 2 aromatic rings. The van der Waals surface area contributed by atoms with E-state index >= 15 is 0 Å². The van der Waals surface area contributed by atoms with Crippen molar-refractivity contribution in [1.82, 2.24) is 10.2 Å². The molecule has 0 aliphatic rings. The van der Waals surface area contributed by atoms with Crippen LogP contribution in [-0.4, -0.2) is 24.3 Å². The zero-order valence-corrected chi connectivity index (χ0v) is 10.1. The number of H-pyrrole nitrogens is 1. The molecule has 0 fully saturated rings. The Morgan fingerprint density at radius 2 is 2.11 bits per heavy atom. The van der Waals surface area contributed by atoms with E-state index in [-0.39, 0.29) is 5.82 Å². The van der Waals surface area contributed by atoms with Gasteiger partial charge in [-0.2, -0.15) is 10.2 Å². The van der Waals surface area contributed by atoms with Crippen LogP contribution in [0.15, 0.2) is 34.5 Å². The van der Waals surface area contributed by atoms with Gasteiger partial charge in [0.2, 0.25) is 0 Å². The average molecular weight is 248 g/mol. The summed E-state index contributed by atoms with van der Waals surface area (Å²) in [6.45, 7) is 0. The average Bonchev–Trinajstić information content (AvgIpc) is 2.68. The second-order valence-electron chi connectivity index (χ2n) is 3.88. The Kier molecular flexibility index (Phi) is 3.22. The van der Waals surface area contributed by atoms with E-state index in [1.165, 1.54) is 12.1 Å². The largest absolute Gasteiger partial charge is 0.382 e. The monoisotopic (exact) mass is 248 g/mol. The summed E-state index contributed by atoms with van der Waals surface area (Å²) in [5.74, 6) is 0.533. The Morgan fingerprint density at radius 1 is 1.33 bits per heavy atom. The third-order valence-corrected chi connectivity index (χ3v) is 2.25. The van der Waals surface area contributed by atoms with Crippen molar-refractivity contribution in [2.75, 3.05) is 24.7 Å². The van der Waals surface area contributed by atoms with Crippen molar-refractivity contribution in [3.8, 4) is 0 Å². The molecule has 0 aliphatic heterocycles. The molecule has 0 saturated carbocycles. The molecule has 1 aromatic carbocycles. The summed E-state index contributed by atoms with van der Waals surface area (Å²) in [6, 6.07) is 5.85. The zero-order chi connectivity index (χ0) is 13.1. The fourth-order valence-electron chi connectivity index (χ4n) is 1.40. The number of nitrogens with two attached hydrogens (primary N) is 1. The predicted molar refractivity (Wildman–Crippen MR) is 67.9 cm³/mol. The maximum Gasteiger partial charge on any atom is 0.180 e. The number of benzene rings is 1. The molecular formula is C11H13FN6. The van der Waals surface area contributed by atoms with Crippen molar-refractivity contribution in [2.45, 2.75) is 0 Å². The van der Waals surface area contributed by atoms with E-state index in [0.29, 0.717) is 23.0 Å². The van der Waals surface area contributed by atoms with E-state index in [0.717, 1.165) is 0 Å². The van der Waals surface area contributed by atoms with Gasteiger partial charge in [0.1, 0.15) is 11.6 Å². The van der Waals surface area contributed by atoms with Gasteiger partial charge in [-0.25, -0.2) is 4.39 Å². The van der Waals surface area contributed by atoms with E-state index in [1.807, 2.05) is 14.1 Å². The van der Waals surface area contributed by atoms with E-state index in [2.05, 4.69) is 20.4 Å². The third-order valence-electron chi connectivity index (χ3n) is 2.25. The summed E-state index contributed by atoms with van der Waals surface area (Å²) >= 11 is 0. The number of halogens is 1. The fourth-order valence-corrected chi connectivity index (χ4v) is 1.40. The van der Waals surface area contributed by atoms with Crippen molar-refractivity contribution in [3.05, 3.63) is 30.1 Å². The Morgan fingerprint density at radius 3 is 2.78 bits per heavy atom. The molecule has 3 N–H and O–H groups in total. The molecule has 2 rings (SSSR count). The molecule has 18 heavy (non-hydrogen) atoms. The summed E-state index contributed by atoms with van der Waals surface area (Å²) in [6.07, 6.45) is 0. The topological polar surface area (TPSA) is 82.7 Å². The molecule has 6 nitrogen and oxygen atoms in total. The minimum Gasteiger partial charge on any atom is -0.382 e. The number of aromatic amines is 1. The summed E-state index contributed by atoms with van der Waals surface area (Å²) in [4.78, 5) is 1.76. The normalized spacial score (nSPS) is 11.1. The van der Waals surface area contributed by atoms with Crippen LogP contribution in [-0.2, 0) is 0 Å². The van der Waals surface area contributed by atoms with Gasteiger partial charge in [0.05, 0.1) is 5.69 Å². The van der Waals surface area contributed by atoms with E-state index in [4.69, 9.17) is 5.73 Å². The lowest BCUT2D eigenvalue weighted by atomic mass is 10.3. The highest BCUT2D eigenvalue weighted by molar-refractivity contribution is 5.72. The molecule has 0 spiro atoms. The van der Waals surface area contributed by atoms with Crippen LogP contribution in [0.3, 0.4) is 0 Å². The number of anilines is 2.